The molecule has 6 nitrogen and oxygen atoms in total. The van der Waals surface area contributed by atoms with Gasteiger partial charge in [-0.15, -0.1) is 0 Å². The predicted octanol–water partition coefficient (Wildman–Crippen LogP) is 1.70. The number of carbonyl (C=O) groups excluding carboxylic acids is 1. The average molecular weight is 375 g/mol. The fourth-order valence-electron chi connectivity index (χ4n) is 3.25. The molecule has 0 bridgehead atoms. The zero-order valence-electron chi connectivity index (χ0n) is 13.0. The third kappa shape index (κ3) is 3.21. The number of amides is 1. The molecular formula is C16H20Cl2N2O4. The Morgan fingerprint density at radius 1 is 1.29 bits per heavy atom. The Bertz CT molecular complexity index is 643. The van der Waals surface area contributed by atoms with Crippen molar-refractivity contribution >= 4 is 29.1 Å². The van der Waals surface area contributed by atoms with Gasteiger partial charge in [-0.05, 0) is 24.8 Å². The highest BCUT2D eigenvalue weighted by atomic mass is 35.5. The van der Waals surface area contributed by atoms with Gasteiger partial charge in [0, 0.05) is 30.8 Å². The highest BCUT2D eigenvalue weighted by Gasteiger charge is 2.47. The summed E-state index contributed by atoms with van der Waals surface area (Å²) in [6.45, 7) is 1.15. The number of nitrogens with zero attached hydrogens (tertiary/aromatic N) is 1. The quantitative estimate of drug-likeness (QED) is 0.748. The van der Waals surface area contributed by atoms with Crippen LogP contribution in [0, 0.1) is 5.92 Å². The van der Waals surface area contributed by atoms with E-state index in [4.69, 9.17) is 33.7 Å². The lowest BCUT2D eigenvalue weighted by Gasteiger charge is -2.42. The van der Waals surface area contributed by atoms with Crippen LogP contribution >= 0.6 is 23.2 Å². The van der Waals surface area contributed by atoms with Crippen LogP contribution < -0.4 is 5.73 Å². The molecule has 2 aliphatic rings. The lowest BCUT2D eigenvalue weighted by atomic mass is 9.85. The first-order valence-corrected chi connectivity index (χ1v) is 8.60. The number of aromatic hydroxyl groups is 1. The molecule has 0 radical (unpaired) electrons. The van der Waals surface area contributed by atoms with Crippen LogP contribution in [0.1, 0.15) is 24.4 Å². The molecule has 8 heteroatoms. The Kier molecular flexibility index (Phi) is 4.95. The van der Waals surface area contributed by atoms with Gasteiger partial charge in [-0.3, -0.25) is 4.79 Å². The van der Waals surface area contributed by atoms with Gasteiger partial charge in [0.1, 0.15) is 5.75 Å². The number of hydrogen-bond donors (Lipinski definition) is 3. The number of benzene rings is 1. The van der Waals surface area contributed by atoms with E-state index in [2.05, 4.69) is 0 Å². The fourth-order valence-corrected chi connectivity index (χ4v) is 3.58. The second-order valence-corrected chi connectivity index (χ2v) is 7.32. The molecule has 2 aliphatic heterocycles. The van der Waals surface area contributed by atoms with Gasteiger partial charge < -0.3 is 25.6 Å². The molecule has 2 heterocycles. The summed E-state index contributed by atoms with van der Waals surface area (Å²) >= 11 is 11.9. The average Bonchev–Trinajstić information content (AvgIpc) is 2.55. The zero-order valence-corrected chi connectivity index (χ0v) is 14.6. The van der Waals surface area contributed by atoms with E-state index in [9.17, 15) is 15.0 Å². The number of aliphatic hydroxyl groups is 1. The van der Waals surface area contributed by atoms with Crippen LogP contribution in [0.4, 0.5) is 0 Å². The van der Waals surface area contributed by atoms with Gasteiger partial charge in [-0.25, -0.2) is 0 Å². The lowest BCUT2D eigenvalue weighted by molar-refractivity contribution is -0.201. The van der Waals surface area contributed by atoms with E-state index >= 15 is 0 Å². The topological polar surface area (TPSA) is 96.0 Å². The smallest absolute Gasteiger partial charge is 0.259 e. The molecular weight excluding hydrogens is 355 g/mol. The van der Waals surface area contributed by atoms with E-state index < -0.39 is 11.6 Å². The standard InChI is InChI=1S/C16H20Cl2N2O4/c17-11-5-10(13(21)6-12(11)18)14(19)9-1-3-20(4-2-9)15(22)16(23)7-24-8-16/h5-6,9,14,21,23H,1-4,7-8,19H2/t14-/m1/s1. The first-order chi connectivity index (χ1) is 11.3. The molecule has 2 fully saturated rings. The molecule has 132 valence electrons. The van der Waals surface area contributed by atoms with Crippen LogP contribution in [0.25, 0.3) is 0 Å². The normalized spacial score (nSPS) is 22.1. The predicted molar refractivity (Wildman–Crippen MR) is 90.1 cm³/mol. The summed E-state index contributed by atoms with van der Waals surface area (Å²) in [6, 6.07) is 2.59. The van der Waals surface area contributed by atoms with Gasteiger partial charge >= 0.3 is 0 Å². The largest absolute Gasteiger partial charge is 0.508 e. The molecule has 1 aromatic rings. The summed E-state index contributed by atoms with van der Waals surface area (Å²) in [5.41, 5.74) is 5.49. The molecule has 0 aliphatic carbocycles. The van der Waals surface area contributed by atoms with Crippen molar-refractivity contribution in [3.8, 4) is 5.75 Å². The first-order valence-electron chi connectivity index (χ1n) is 7.85. The summed E-state index contributed by atoms with van der Waals surface area (Å²) in [6.07, 6.45) is 1.37. The monoisotopic (exact) mass is 374 g/mol. The number of carbonyl (C=O) groups is 1. The van der Waals surface area contributed by atoms with Gasteiger partial charge in [0.15, 0.2) is 5.60 Å². The van der Waals surface area contributed by atoms with Gasteiger partial charge in [-0.1, -0.05) is 23.2 Å². The maximum atomic E-state index is 12.3. The highest BCUT2D eigenvalue weighted by molar-refractivity contribution is 6.42. The molecule has 2 saturated heterocycles. The van der Waals surface area contributed by atoms with Crippen molar-refractivity contribution in [1.82, 2.24) is 4.90 Å². The minimum atomic E-state index is -1.36. The van der Waals surface area contributed by atoms with Crippen LogP contribution in [-0.4, -0.2) is 52.9 Å². The van der Waals surface area contributed by atoms with Crippen molar-refractivity contribution in [2.75, 3.05) is 26.3 Å². The summed E-state index contributed by atoms with van der Waals surface area (Å²) < 4.78 is 4.93. The Labute approximate surface area is 150 Å². The number of phenols is 1. The number of rotatable bonds is 3. The highest BCUT2D eigenvalue weighted by Crippen LogP contribution is 2.38. The Morgan fingerprint density at radius 3 is 2.42 bits per heavy atom. The van der Waals surface area contributed by atoms with E-state index in [1.54, 1.807) is 11.0 Å². The van der Waals surface area contributed by atoms with Crippen molar-refractivity contribution in [3.05, 3.63) is 27.7 Å². The Balaban J connectivity index is 1.64. The third-order valence-electron chi connectivity index (χ3n) is 4.84. The van der Waals surface area contributed by atoms with E-state index in [-0.39, 0.29) is 35.8 Å². The minimum Gasteiger partial charge on any atom is -0.508 e. The minimum absolute atomic E-state index is 0.0244. The molecule has 0 aromatic heterocycles. The summed E-state index contributed by atoms with van der Waals surface area (Å²) in [4.78, 5) is 13.9. The number of hydrogen-bond acceptors (Lipinski definition) is 5. The number of piperidine rings is 1. The molecule has 0 unspecified atom stereocenters. The van der Waals surface area contributed by atoms with Crippen molar-refractivity contribution in [3.63, 3.8) is 0 Å². The van der Waals surface area contributed by atoms with Crippen molar-refractivity contribution in [2.45, 2.75) is 24.5 Å². The van der Waals surface area contributed by atoms with E-state index in [1.165, 1.54) is 6.07 Å². The SMILES string of the molecule is N[C@@H](c1cc(Cl)c(Cl)cc1O)C1CCN(C(=O)C2(O)COC2)CC1. The molecule has 1 aromatic carbocycles. The maximum absolute atomic E-state index is 12.3. The van der Waals surface area contributed by atoms with Crippen molar-refractivity contribution in [2.24, 2.45) is 11.7 Å². The molecule has 1 atom stereocenters. The van der Waals surface area contributed by atoms with Gasteiger partial charge in [0.05, 0.1) is 23.3 Å². The van der Waals surface area contributed by atoms with E-state index in [0.717, 1.165) is 0 Å². The van der Waals surface area contributed by atoms with E-state index in [0.29, 0.717) is 36.5 Å². The summed E-state index contributed by atoms with van der Waals surface area (Å²) in [5.74, 6) is -0.154. The molecule has 4 N–H and O–H groups in total. The Morgan fingerprint density at radius 2 is 1.88 bits per heavy atom. The molecule has 3 rings (SSSR count). The second kappa shape index (κ2) is 6.69. The second-order valence-electron chi connectivity index (χ2n) is 6.50. The third-order valence-corrected chi connectivity index (χ3v) is 5.57. The lowest BCUT2D eigenvalue weighted by Crippen LogP contribution is -2.62. The van der Waals surface area contributed by atoms with Crippen LogP contribution in [0.15, 0.2) is 12.1 Å². The van der Waals surface area contributed by atoms with E-state index in [1.807, 2.05) is 0 Å². The molecule has 0 spiro atoms. The number of halogens is 2. The number of ether oxygens (including phenoxy) is 1. The number of likely N-dealkylation sites (tertiary alicyclic amines) is 1. The first kappa shape index (κ1) is 17.8. The van der Waals surface area contributed by atoms with Crippen molar-refractivity contribution in [1.29, 1.82) is 0 Å². The zero-order chi connectivity index (χ0) is 17.5. The maximum Gasteiger partial charge on any atom is 0.259 e. The molecule has 1 amide bonds. The number of nitrogens with two attached hydrogens (primary N) is 1. The molecule has 24 heavy (non-hydrogen) atoms. The van der Waals surface area contributed by atoms with Crippen LogP contribution in [0.3, 0.4) is 0 Å². The van der Waals surface area contributed by atoms with Crippen LogP contribution in [0.2, 0.25) is 10.0 Å². The van der Waals surface area contributed by atoms with Crippen LogP contribution in [0.5, 0.6) is 5.75 Å². The van der Waals surface area contributed by atoms with Gasteiger partial charge in [-0.2, -0.15) is 0 Å². The van der Waals surface area contributed by atoms with Crippen molar-refractivity contribution < 1.29 is 19.7 Å². The fraction of sp³-hybridized carbons (Fsp3) is 0.562. The summed E-state index contributed by atoms with van der Waals surface area (Å²) in [5, 5.41) is 20.8. The summed E-state index contributed by atoms with van der Waals surface area (Å²) in [7, 11) is 0. The Hall–Kier alpha value is -1.05. The van der Waals surface area contributed by atoms with Gasteiger partial charge in [0.2, 0.25) is 0 Å². The van der Waals surface area contributed by atoms with Gasteiger partial charge in [0.25, 0.3) is 5.91 Å². The number of phenolic OH excluding ortho intramolecular Hbond substituents is 1. The van der Waals surface area contributed by atoms with Crippen LogP contribution in [-0.2, 0) is 9.53 Å². The molecule has 0 saturated carbocycles.